The molecule has 0 aromatic heterocycles. The molecule has 0 heterocycles. The third kappa shape index (κ3) is 11.6. The van der Waals surface area contributed by atoms with E-state index in [1.165, 1.54) is 0 Å². The van der Waals surface area contributed by atoms with Crippen LogP contribution < -0.4 is 0 Å². The second-order valence-corrected chi connectivity index (χ2v) is 7.82. The van der Waals surface area contributed by atoms with Gasteiger partial charge in [-0.15, -0.1) is 0 Å². The first kappa shape index (κ1) is 17.9. The first-order chi connectivity index (χ1) is 5.91. The minimum atomic E-state index is -2.61. The molecule has 0 aliphatic rings. The summed E-state index contributed by atoms with van der Waals surface area (Å²) < 4.78 is 16.9. The fourth-order valence-electron chi connectivity index (χ4n) is 0.763. The largest absolute Gasteiger partial charge is 0 e. The molecule has 3 nitrogen and oxygen atoms in total. The van der Waals surface area contributed by atoms with Gasteiger partial charge in [0.1, 0.15) is 0 Å². The minimum absolute atomic E-state index is 0. The summed E-state index contributed by atoms with van der Waals surface area (Å²) >= 11 is -2.61. The van der Waals surface area contributed by atoms with Gasteiger partial charge in [0.05, 0.1) is 0 Å². The van der Waals surface area contributed by atoms with Crippen molar-refractivity contribution in [3.63, 3.8) is 0 Å². The van der Waals surface area contributed by atoms with Crippen molar-refractivity contribution in [2.45, 2.75) is 59.9 Å². The van der Waals surface area contributed by atoms with Crippen LogP contribution in [0.15, 0.2) is 0 Å². The fourth-order valence-corrected chi connectivity index (χ4v) is 5.12. The topological polar surface area (TPSA) is 27.7 Å². The molecule has 0 aliphatic heterocycles. The van der Waals surface area contributed by atoms with E-state index in [0.717, 1.165) is 0 Å². The molecular weight excluding hydrogens is 390 g/mol. The zero-order chi connectivity index (χ0) is 10.4. The van der Waals surface area contributed by atoms with Crippen molar-refractivity contribution >= 4 is 46.7 Å². The van der Waals surface area contributed by atoms with Crippen molar-refractivity contribution in [3.8, 4) is 0 Å². The van der Waals surface area contributed by atoms with Crippen LogP contribution in [0.3, 0.4) is 0 Å². The second-order valence-electron chi connectivity index (χ2n) is 3.84. The summed E-state index contributed by atoms with van der Waals surface area (Å²) in [5.74, 6) is 0. The van der Waals surface area contributed by atoms with E-state index < -0.39 is 22.7 Å². The molecule has 0 unspecified atom stereocenters. The van der Waals surface area contributed by atoms with E-state index in [2.05, 4.69) is 0 Å². The van der Waals surface area contributed by atoms with E-state index in [1.54, 1.807) is 0 Å². The first-order valence-corrected chi connectivity index (χ1v) is 8.91. The molecule has 0 amide bonds. The van der Waals surface area contributed by atoms with Gasteiger partial charge in [0.25, 0.3) is 0 Å². The summed E-state index contributed by atoms with van der Waals surface area (Å²) in [5, 5.41) is 0. The third-order valence-electron chi connectivity index (χ3n) is 1.15. The molecule has 0 saturated heterocycles. The van der Waals surface area contributed by atoms with Crippen LogP contribution in [-0.4, -0.2) is 65.0 Å². The molecule has 0 atom stereocenters. The molecule has 82 valence electrons. The van der Waals surface area contributed by atoms with Crippen molar-refractivity contribution in [2.24, 2.45) is 0 Å². The maximum atomic E-state index is 5.64. The van der Waals surface area contributed by atoms with Crippen LogP contribution in [0.4, 0.5) is 0 Å². The summed E-state index contributed by atoms with van der Waals surface area (Å²) in [5.41, 5.74) is 0. The Labute approximate surface area is 114 Å². The molecule has 0 aromatic rings. The normalized spacial score (nSPS) is 10.9. The zero-order valence-electron chi connectivity index (χ0n) is 10.0. The predicted molar refractivity (Wildman–Crippen MR) is 60.2 cm³/mol. The maximum absolute atomic E-state index is 5.64. The Bertz CT molecular complexity index is 107. The van der Waals surface area contributed by atoms with E-state index in [4.69, 9.17) is 8.56 Å². The number of hydrogen-bond donors (Lipinski definition) is 0. The van der Waals surface area contributed by atoms with Gasteiger partial charge in [-0.25, -0.2) is 0 Å². The van der Waals surface area contributed by atoms with E-state index in [-0.39, 0.29) is 42.2 Å². The Morgan fingerprint density at radius 2 is 0.857 bits per heavy atom. The van der Waals surface area contributed by atoms with Crippen molar-refractivity contribution in [1.29, 1.82) is 0 Å². The van der Waals surface area contributed by atoms with Gasteiger partial charge in [0.2, 0.25) is 0 Å². The van der Waals surface area contributed by atoms with Crippen LogP contribution in [0.1, 0.15) is 41.5 Å². The monoisotopic (exact) mass is 412 g/mol. The molecule has 0 aromatic carbocycles. The van der Waals surface area contributed by atoms with Crippen LogP contribution in [0.5, 0.6) is 0 Å². The molecule has 0 fully saturated rings. The molecule has 0 N–H and O–H groups in total. The second kappa shape index (κ2) is 9.75. The smallest absolute Gasteiger partial charge is 0 e. The van der Waals surface area contributed by atoms with Gasteiger partial charge in [0, 0.05) is 23.9 Å². The standard InChI is InChI=1S/3C3H7O.In.Sn/c3*1-3(2)4;;/h3*3H,1-2H3;;/q3*-1;+3;. The van der Waals surface area contributed by atoms with E-state index in [9.17, 15) is 0 Å². The Kier molecular flexibility index (Phi) is 12.5. The summed E-state index contributed by atoms with van der Waals surface area (Å²) in [6.45, 7) is 12.1. The van der Waals surface area contributed by atoms with Crippen molar-refractivity contribution in [3.05, 3.63) is 0 Å². The minimum Gasteiger partial charge on any atom is 0 e. The molecule has 0 bridgehead atoms. The Morgan fingerprint density at radius 3 is 1.00 bits per heavy atom. The average molecular weight is 411 g/mol. The quantitative estimate of drug-likeness (QED) is 0.626. The van der Waals surface area contributed by atoms with E-state index >= 15 is 0 Å². The van der Waals surface area contributed by atoms with Crippen molar-refractivity contribution in [2.75, 3.05) is 0 Å². The molecule has 0 spiro atoms. The SMILES string of the molecule is CC(C)[O][In]([O]C(C)C)[O]C(C)C.[Sn]. The van der Waals surface area contributed by atoms with Crippen molar-refractivity contribution in [1.82, 2.24) is 0 Å². The van der Waals surface area contributed by atoms with Crippen LogP contribution >= 0.6 is 0 Å². The van der Waals surface area contributed by atoms with Gasteiger partial charge in [-0.3, -0.25) is 0 Å². The van der Waals surface area contributed by atoms with Crippen LogP contribution in [-0.2, 0) is 8.56 Å². The fraction of sp³-hybridized carbons (Fsp3) is 1.00. The van der Waals surface area contributed by atoms with Crippen molar-refractivity contribution < 1.29 is 8.56 Å². The van der Waals surface area contributed by atoms with Crippen LogP contribution in [0.2, 0.25) is 0 Å². The number of rotatable bonds is 6. The number of hydrogen-bond acceptors (Lipinski definition) is 3. The molecule has 4 radical (unpaired) electrons. The Morgan fingerprint density at radius 1 is 0.643 bits per heavy atom. The van der Waals surface area contributed by atoms with Gasteiger partial charge in [-0.2, -0.15) is 0 Å². The molecule has 0 rings (SSSR count). The molecular formula is C9H21InO3Sn. The first-order valence-electron chi connectivity index (χ1n) is 4.88. The molecule has 5 heteroatoms. The molecule has 14 heavy (non-hydrogen) atoms. The van der Waals surface area contributed by atoms with Gasteiger partial charge in [-0.05, 0) is 0 Å². The van der Waals surface area contributed by atoms with E-state index in [1.807, 2.05) is 41.5 Å². The van der Waals surface area contributed by atoms with Crippen LogP contribution in [0, 0.1) is 0 Å². The zero-order valence-corrected chi connectivity index (χ0v) is 16.2. The molecule has 0 saturated carbocycles. The van der Waals surface area contributed by atoms with Crippen LogP contribution in [0.25, 0.3) is 0 Å². The van der Waals surface area contributed by atoms with Gasteiger partial charge in [0.15, 0.2) is 0 Å². The van der Waals surface area contributed by atoms with E-state index in [0.29, 0.717) is 0 Å². The van der Waals surface area contributed by atoms with Gasteiger partial charge < -0.3 is 0 Å². The summed E-state index contributed by atoms with van der Waals surface area (Å²) in [6.07, 6.45) is 0.620. The summed E-state index contributed by atoms with van der Waals surface area (Å²) in [4.78, 5) is 0. The third-order valence-corrected chi connectivity index (χ3v) is 7.71. The average Bonchev–Trinajstić information content (AvgIpc) is 1.80. The summed E-state index contributed by atoms with van der Waals surface area (Å²) in [7, 11) is 0. The summed E-state index contributed by atoms with van der Waals surface area (Å²) in [6, 6.07) is 0. The van der Waals surface area contributed by atoms with Gasteiger partial charge in [-0.1, -0.05) is 0 Å². The van der Waals surface area contributed by atoms with Gasteiger partial charge >= 0.3 is 91.2 Å². The Balaban J connectivity index is 0. The predicted octanol–water partition coefficient (Wildman–Crippen LogP) is 1.87. The Hall–Kier alpha value is 1.55. The molecule has 0 aliphatic carbocycles. The maximum Gasteiger partial charge on any atom is 0 e.